The molecule has 0 radical (unpaired) electrons. The number of thiazole rings is 1. The van der Waals surface area contributed by atoms with Gasteiger partial charge in [-0.05, 0) is 36.8 Å². The van der Waals surface area contributed by atoms with Gasteiger partial charge in [-0.2, -0.15) is 0 Å². The lowest BCUT2D eigenvalue weighted by molar-refractivity contribution is 1.41. The Hall–Kier alpha value is -1.94. The smallest absolute Gasteiger partial charge is 0.134 e. The Balaban J connectivity index is 1.90. The van der Waals surface area contributed by atoms with Crippen LogP contribution in [0.25, 0.3) is 31.6 Å². The molecule has 118 valence electrons. The van der Waals surface area contributed by atoms with Crippen LogP contribution in [0.5, 0.6) is 0 Å². The van der Waals surface area contributed by atoms with Crippen LogP contribution in [0.4, 0.5) is 0 Å². The van der Waals surface area contributed by atoms with Gasteiger partial charge in [-0.3, -0.25) is 0 Å². The van der Waals surface area contributed by atoms with Crippen molar-refractivity contribution >= 4 is 34.3 Å². The van der Waals surface area contributed by atoms with Gasteiger partial charge in [0.1, 0.15) is 5.01 Å². The number of hydrogen-bond donors (Lipinski definition) is 0. The van der Waals surface area contributed by atoms with Crippen molar-refractivity contribution in [3.05, 3.63) is 76.6 Å². The van der Waals surface area contributed by atoms with Gasteiger partial charge in [-0.25, -0.2) is 4.98 Å². The zero-order chi connectivity index (χ0) is 16.5. The molecule has 2 aromatic heterocycles. The first-order chi connectivity index (χ1) is 11.7. The number of hydrogen-bond acceptors (Lipinski definition) is 3. The van der Waals surface area contributed by atoms with E-state index in [-0.39, 0.29) is 0 Å². The number of benzene rings is 2. The van der Waals surface area contributed by atoms with E-state index in [2.05, 4.69) is 43.3 Å². The van der Waals surface area contributed by atoms with E-state index in [1.165, 1.54) is 20.2 Å². The minimum Gasteiger partial charge on any atom is -0.235 e. The van der Waals surface area contributed by atoms with Crippen LogP contribution in [0.1, 0.15) is 4.88 Å². The van der Waals surface area contributed by atoms with Gasteiger partial charge >= 0.3 is 0 Å². The molecule has 0 fully saturated rings. The summed E-state index contributed by atoms with van der Waals surface area (Å²) in [5, 5.41) is 1.81. The zero-order valence-corrected chi connectivity index (χ0v) is 15.4. The van der Waals surface area contributed by atoms with E-state index in [0.29, 0.717) is 0 Å². The molecule has 0 saturated heterocycles. The Morgan fingerprint density at radius 3 is 2.21 bits per heavy atom. The topological polar surface area (TPSA) is 12.9 Å². The molecule has 4 aromatic rings. The lowest BCUT2D eigenvalue weighted by Crippen LogP contribution is -1.82. The maximum absolute atomic E-state index is 6.04. The molecule has 0 saturated carbocycles. The molecular formula is C20H14ClNS2. The van der Waals surface area contributed by atoms with E-state index in [9.17, 15) is 0 Å². The van der Waals surface area contributed by atoms with Gasteiger partial charge in [0.05, 0.1) is 15.4 Å². The maximum Gasteiger partial charge on any atom is 0.134 e. The average molecular weight is 368 g/mol. The van der Waals surface area contributed by atoms with Crippen LogP contribution in [0.2, 0.25) is 5.02 Å². The quantitative estimate of drug-likeness (QED) is 0.374. The second-order valence-electron chi connectivity index (χ2n) is 5.48. The molecule has 4 heteroatoms. The number of nitrogens with zero attached hydrogens (tertiary/aromatic N) is 1. The van der Waals surface area contributed by atoms with Crippen LogP contribution >= 0.6 is 34.3 Å². The van der Waals surface area contributed by atoms with E-state index in [1.807, 2.05) is 30.3 Å². The maximum atomic E-state index is 6.04. The van der Waals surface area contributed by atoms with Crippen molar-refractivity contribution < 1.29 is 0 Å². The number of thiophene rings is 1. The van der Waals surface area contributed by atoms with Crippen LogP contribution in [0.15, 0.2) is 66.7 Å². The van der Waals surface area contributed by atoms with Gasteiger partial charge in [-0.1, -0.05) is 54.1 Å². The highest BCUT2D eigenvalue weighted by atomic mass is 35.5. The SMILES string of the molecule is Cc1ccc(-c2nc(-c3ccc(Cl)cc3)c(-c3ccccc3)s2)s1. The Morgan fingerprint density at radius 1 is 0.792 bits per heavy atom. The molecule has 4 rings (SSSR count). The van der Waals surface area contributed by atoms with Crippen LogP contribution in [0.3, 0.4) is 0 Å². The van der Waals surface area contributed by atoms with Crippen molar-refractivity contribution in [1.82, 2.24) is 4.98 Å². The first-order valence-corrected chi connectivity index (χ1v) is 9.61. The van der Waals surface area contributed by atoms with Gasteiger partial charge in [0.15, 0.2) is 0 Å². The Bertz CT molecular complexity index is 969. The summed E-state index contributed by atoms with van der Waals surface area (Å²) >= 11 is 9.57. The number of halogens is 1. The molecule has 0 atom stereocenters. The van der Waals surface area contributed by atoms with Crippen molar-refractivity contribution in [1.29, 1.82) is 0 Å². The molecule has 0 aliphatic rings. The van der Waals surface area contributed by atoms with Gasteiger partial charge in [0.25, 0.3) is 0 Å². The van der Waals surface area contributed by atoms with Gasteiger partial charge in [-0.15, -0.1) is 22.7 Å². The standard InChI is InChI=1S/C20H14ClNS2/c1-13-7-12-17(23-13)20-22-18(14-8-10-16(21)11-9-14)19(24-20)15-5-3-2-4-6-15/h2-12H,1H3. The largest absolute Gasteiger partial charge is 0.235 e. The molecule has 24 heavy (non-hydrogen) atoms. The summed E-state index contributed by atoms with van der Waals surface area (Å²) in [6, 6.07) is 22.6. The van der Waals surface area contributed by atoms with Crippen LogP contribution in [-0.4, -0.2) is 4.98 Å². The summed E-state index contributed by atoms with van der Waals surface area (Å²) in [5.41, 5.74) is 3.30. The normalized spacial score (nSPS) is 10.9. The van der Waals surface area contributed by atoms with Crippen LogP contribution in [-0.2, 0) is 0 Å². The van der Waals surface area contributed by atoms with Crippen molar-refractivity contribution in [2.24, 2.45) is 0 Å². The minimum absolute atomic E-state index is 0.740. The van der Waals surface area contributed by atoms with Gasteiger partial charge < -0.3 is 0 Å². The third-order valence-corrected chi connectivity index (χ3v) is 6.26. The fraction of sp³-hybridized carbons (Fsp3) is 0.0500. The fourth-order valence-electron chi connectivity index (χ4n) is 2.56. The van der Waals surface area contributed by atoms with Crippen LogP contribution < -0.4 is 0 Å². The highest BCUT2D eigenvalue weighted by Crippen LogP contribution is 2.42. The number of rotatable bonds is 3. The summed E-state index contributed by atoms with van der Waals surface area (Å²) in [6.45, 7) is 2.12. The first-order valence-electron chi connectivity index (χ1n) is 7.60. The van der Waals surface area contributed by atoms with E-state index >= 15 is 0 Å². The second kappa shape index (κ2) is 6.52. The lowest BCUT2D eigenvalue weighted by atomic mass is 10.1. The molecule has 1 nitrogen and oxygen atoms in total. The summed E-state index contributed by atoms with van der Waals surface area (Å²) in [7, 11) is 0. The summed E-state index contributed by atoms with van der Waals surface area (Å²) in [5.74, 6) is 0. The molecular weight excluding hydrogens is 354 g/mol. The Labute approximate surface area is 154 Å². The summed E-state index contributed by atoms with van der Waals surface area (Å²) in [6.07, 6.45) is 0. The third-order valence-electron chi connectivity index (χ3n) is 3.73. The van der Waals surface area contributed by atoms with Crippen molar-refractivity contribution in [2.75, 3.05) is 0 Å². The Kier molecular flexibility index (Phi) is 4.23. The van der Waals surface area contributed by atoms with E-state index < -0.39 is 0 Å². The second-order valence-corrected chi connectivity index (χ2v) is 8.20. The number of aryl methyl sites for hydroxylation is 1. The van der Waals surface area contributed by atoms with Crippen molar-refractivity contribution in [2.45, 2.75) is 6.92 Å². The molecule has 0 amide bonds. The lowest BCUT2D eigenvalue weighted by Gasteiger charge is -2.02. The fourth-order valence-corrected chi connectivity index (χ4v) is 4.70. The monoisotopic (exact) mass is 367 g/mol. The predicted octanol–water partition coefficient (Wildman–Crippen LogP) is 7.17. The highest BCUT2D eigenvalue weighted by Gasteiger charge is 2.16. The number of aromatic nitrogens is 1. The third kappa shape index (κ3) is 3.03. The van der Waals surface area contributed by atoms with Gasteiger partial charge in [0.2, 0.25) is 0 Å². The van der Waals surface area contributed by atoms with Crippen molar-refractivity contribution in [3.8, 4) is 31.6 Å². The summed E-state index contributed by atoms with van der Waals surface area (Å²) in [4.78, 5) is 8.67. The molecule has 0 aliphatic heterocycles. The molecule has 0 spiro atoms. The van der Waals surface area contributed by atoms with E-state index in [4.69, 9.17) is 16.6 Å². The molecule has 0 N–H and O–H groups in total. The average Bonchev–Trinajstić information content (AvgIpc) is 3.23. The van der Waals surface area contributed by atoms with E-state index in [1.54, 1.807) is 22.7 Å². The first kappa shape index (κ1) is 15.6. The minimum atomic E-state index is 0.740. The van der Waals surface area contributed by atoms with Gasteiger partial charge in [0, 0.05) is 15.5 Å². The molecule has 2 heterocycles. The van der Waals surface area contributed by atoms with E-state index in [0.717, 1.165) is 21.3 Å². The summed E-state index contributed by atoms with van der Waals surface area (Å²) < 4.78 is 0. The highest BCUT2D eigenvalue weighted by molar-refractivity contribution is 7.23. The predicted molar refractivity (Wildman–Crippen MR) is 106 cm³/mol. The molecule has 0 aliphatic carbocycles. The van der Waals surface area contributed by atoms with Crippen LogP contribution in [0, 0.1) is 6.92 Å². The molecule has 0 bridgehead atoms. The Morgan fingerprint density at radius 2 is 1.54 bits per heavy atom. The zero-order valence-electron chi connectivity index (χ0n) is 13.0. The van der Waals surface area contributed by atoms with Crippen molar-refractivity contribution in [3.63, 3.8) is 0 Å². The molecule has 2 aromatic carbocycles. The molecule has 0 unspecified atom stereocenters.